The molecule has 1 fully saturated rings. The lowest BCUT2D eigenvalue weighted by molar-refractivity contribution is -0.116. The zero-order chi connectivity index (χ0) is 23.5. The van der Waals surface area contributed by atoms with Crippen LogP contribution in [0.1, 0.15) is 57.6 Å². The first-order valence-corrected chi connectivity index (χ1v) is 13.1. The van der Waals surface area contributed by atoms with Gasteiger partial charge in [-0.25, -0.2) is 13.2 Å². The highest BCUT2D eigenvalue weighted by atomic mass is 32.2. The van der Waals surface area contributed by atoms with Crippen LogP contribution in [0.2, 0.25) is 0 Å². The maximum Gasteiger partial charge on any atom is 0.410 e. The summed E-state index contributed by atoms with van der Waals surface area (Å²) in [6.07, 6.45) is 4.60. The topological polar surface area (TPSA) is 96.0 Å². The molecule has 1 aromatic carbocycles. The number of nitrogens with zero attached hydrogens (tertiary/aromatic N) is 2. The number of piperidine rings is 1. The fourth-order valence-electron chi connectivity index (χ4n) is 4.18. The van der Waals surface area contributed by atoms with E-state index in [0.29, 0.717) is 44.9 Å². The zero-order valence-corrected chi connectivity index (χ0v) is 20.3. The molecule has 0 bridgehead atoms. The monoisotopic (exact) mass is 465 g/mol. The number of rotatable bonds is 5. The fraction of sp³-hybridized carbons (Fsp3) is 0.652. The number of hydrogen-bond donors (Lipinski definition) is 1. The van der Waals surface area contributed by atoms with E-state index in [1.165, 1.54) is 10.6 Å². The number of nitrogens with one attached hydrogen (secondary N) is 1. The van der Waals surface area contributed by atoms with Crippen LogP contribution in [0, 0.1) is 5.92 Å². The zero-order valence-electron chi connectivity index (χ0n) is 19.5. The first-order valence-electron chi connectivity index (χ1n) is 11.3. The van der Waals surface area contributed by atoms with Crippen molar-refractivity contribution in [3.8, 4) is 0 Å². The van der Waals surface area contributed by atoms with E-state index in [1.54, 1.807) is 4.90 Å². The lowest BCUT2D eigenvalue weighted by atomic mass is 9.92. The predicted octanol–water partition coefficient (Wildman–Crippen LogP) is 3.37. The van der Waals surface area contributed by atoms with Gasteiger partial charge in [0.15, 0.2) is 0 Å². The SMILES string of the molecule is CC(C)(C)OC(=O)N1CCC(CCC(=O)Nc2ccc3c(c2)CCN(S(C)(=O)=O)C3)CC1. The minimum absolute atomic E-state index is 0.0203. The Bertz CT molecular complexity index is 947. The molecular formula is C23H35N3O5S. The lowest BCUT2D eigenvalue weighted by Crippen LogP contribution is -2.41. The second-order valence-electron chi connectivity index (χ2n) is 9.83. The van der Waals surface area contributed by atoms with Crippen LogP contribution >= 0.6 is 0 Å². The van der Waals surface area contributed by atoms with E-state index in [2.05, 4.69) is 5.32 Å². The maximum atomic E-state index is 12.5. The Labute approximate surface area is 191 Å². The molecule has 0 saturated carbocycles. The first-order chi connectivity index (χ1) is 14.9. The summed E-state index contributed by atoms with van der Waals surface area (Å²) in [5.74, 6) is 0.401. The molecule has 0 radical (unpaired) electrons. The Hall–Kier alpha value is -2.13. The van der Waals surface area contributed by atoms with Crippen LogP contribution in [0.25, 0.3) is 0 Å². The third kappa shape index (κ3) is 6.93. The molecule has 8 nitrogen and oxygen atoms in total. The molecule has 1 saturated heterocycles. The third-order valence-electron chi connectivity index (χ3n) is 5.98. The first kappa shape index (κ1) is 24.5. The molecule has 0 aliphatic carbocycles. The van der Waals surface area contributed by atoms with E-state index in [9.17, 15) is 18.0 Å². The summed E-state index contributed by atoms with van der Waals surface area (Å²) < 4.78 is 30.4. The van der Waals surface area contributed by atoms with E-state index in [1.807, 2.05) is 39.0 Å². The van der Waals surface area contributed by atoms with Crippen LogP contribution in [0.4, 0.5) is 10.5 Å². The molecule has 178 valence electrons. The molecule has 0 spiro atoms. The Morgan fingerprint density at radius 3 is 2.44 bits per heavy atom. The number of hydrogen-bond acceptors (Lipinski definition) is 5. The number of carbonyl (C=O) groups is 2. The molecule has 9 heteroatoms. The summed E-state index contributed by atoms with van der Waals surface area (Å²) in [6, 6.07) is 5.68. The van der Waals surface area contributed by atoms with Crippen LogP contribution in [0.15, 0.2) is 18.2 Å². The number of amides is 2. The molecule has 1 aromatic rings. The van der Waals surface area contributed by atoms with Gasteiger partial charge in [-0.15, -0.1) is 0 Å². The van der Waals surface area contributed by atoms with E-state index >= 15 is 0 Å². The van der Waals surface area contributed by atoms with Gasteiger partial charge in [0.2, 0.25) is 15.9 Å². The summed E-state index contributed by atoms with van der Waals surface area (Å²) in [6.45, 7) is 7.76. The van der Waals surface area contributed by atoms with E-state index in [-0.39, 0.29) is 12.0 Å². The molecule has 1 N–H and O–H groups in total. The van der Waals surface area contributed by atoms with Crippen molar-refractivity contribution < 1.29 is 22.7 Å². The van der Waals surface area contributed by atoms with Gasteiger partial charge in [-0.3, -0.25) is 4.79 Å². The van der Waals surface area contributed by atoms with Crippen LogP contribution in [0.3, 0.4) is 0 Å². The molecule has 2 aliphatic heterocycles. The van der Waals surface area contributed by atoms with Crippen molar-refractivity contribution >= 4 is 27.7 Å². The van der Waals surface area contributed by atoms with Gasteiger partial charge in [0, 0.05) is 38.3 Å². The number of carbonyl (C=O) groups excluding carboxylic acids is 2. The molecular weight excluding hydrogens is 430 g/mol. The minimum Gasteiger partial charge on any atom is -0.444 e. The average molecular weight is 466 g/mol. The Morgan fingerprint density at radius 2 is 1.81 bits per heavy atom. The quantitative estimate of drug-likeness (QED) is 0.719. The highest BCUT2D eigenvalue weighted by molar-refractivity contribution is 7.88. The van der Waals surface area contributed by atoms with Crippen LogP contribution in [0.5, 0.6) is 0 Å². The second kappa shape index (κ2) is 9.79. The molecule has 0 aromatic heterocycles. The van der Waals surface area contributed by atoms with Crippen LogP contribution < -0.4 is 5.32 Å². The van der Waals surface area contributed by atoms with E-state index in [0.717, 1.165) is 36.1 Å². The Balaban J connectivity index is 1.43. The predicted molar refractivity (Wildman–Crippen MR) is 124 cm³/mol. The maximum absolute atomic E-state index is 12.5. The molecule has 0 atom stereocenters. The summed E-state index contributed by atoms with van der Waals surface area (Å²) in [4.78, 5) is 26.4. The van der Waals surface area contributed by atoms with Gasteiger partial charge in [-0.2, -0.15) is 4.31 Å². The van der Waals surface area contributed by atoms with E-state index < -0.39 is 15.6 Å². The molecule has 3 rings (SSSR count). The van der Waals surface area contributed by atoms with Crippen molar-refractivity contribution in [2.24, 2.45) is 5.92 Å². The molecule has 32 heavy (non-hydrogen) atoms. The normalized spacial score (nSPS) is 18.2. The number of fused-ring (bicyclic) bond motifs is 1. The number of ether oxygens (including phenoxy) is 1. The summed E-state index contributed by atoms with van der Waals surface area (Å²) in [5.41, 5.74) is 2.32. The van der Waals surface area contributed by atoms with Crippen molar-refractivity contribution in [1.29, 1.82) is 0 Å². The van der Waals surface area contributed by atoms with Gasteiger partial charge < -0.3 is 15.0 Å². The van der Waals surface area contributed by atoms with Crippen LogP contribution in [-0.4, -0.2) is 61.1 Å². The summed E-state index contributed by atoms with van der Waals surface area (Å²) in [5, 5.41) is 2.97. The van der Waals surface area contributed by atoms with E-state index in [4.69, 9.17) is 4.74 Å². The smallest absolute Gasteiger partial charge is 0.410 e. The number of sulfonamides is 1. The van der Waals surface area contributed by atoms with Gasteiger partial charge >= 0.3 is 6.09 Å². The summed E-state index contributed by atoms with van der Waals surface area (Å²) >= 11 is 0. The van der Waals surface area contributed by atoms with Crippen molar-refractivity contribution in [3.63, 3.8) is 0 Å². The molecule has 2 heterocycles. The van der Waals surface area contributed by atoms with Gasteiger partial charge in [0.25, 0.3) is 0 Å². The Morgan fingerprint density at radius 1 is 1.12 bits per heavy atom. The largest absolute Gasteiger partial charge is 0.444 e. The van der Waals surface area contributed by atoms with Crippen molar-refractivity contribution in [3.05, 3.63) is 29.3 Å². The highest BCUT2D eigenvalue weighted by Gasteiger charge is 2.27. The Kier molecular flexibility index (Phi) is 7.50. The lowest BCUT2D eigenvalue weighted by Gasteiger charge is -2.33. The number of likely N-dealkylation sites (tertiary alicyclic amines) is 1. The second-order valence-corrected chi connectivity index (χ2v) is 11.8. The highest BCUT2D eigenvalue weighted by Crippen LogP contribution is 2.26. The standard InChI is InChI=1S/C23H35N3O5S/c1-23(2,3)31-22(28)25-12-9-17(10-13-25)5-8-21(27)24-20-7-6-19-16-26(32(4,29)30)14-11-18(19)15-20/h6-7,15,17H,5,8-14,16H2,1-4H3,(H,24,27). The molecule has 2 aliphatic rings. The van der Waals surface area contributed by atoms with Gasteiger partial charge in [-0.1, -0.05) is 6.07 Å². The van der Waals surface area contributed by atoms with Crippen molar-refractivity contribution in [2.75, 3.05) is 31.2 Å². The minimum atomic E-state index is -3.20. The van der Waals surface area contributed by atoms with Crippen LogP contribution in [-0.2, 0) is 32.5 Å². The molecule has 0 unspecified atom stereocenters. The average Bonchev–Trinajstić information content (AvgIpc) is 2.70. The number of anilines is 1. The van der Waals surface area contributed by atoms with Gasteiger partial charge in [0.05, 0.1) is 6.26 Å². The third-order valence-corrected chi connectivity index (χ3v) is 7.23. The molecule has 2 amide bonds. The van der Waals surface area contributed by atoms with Gasteiger partial charge in [0.1, 0.15) is 5.60 Å². The van der Waals surface area contributed by atoms with Crippen molar-refractivity contribution in [2.45, 2.75) is 65.0 Å². The van der Waals surface area contributed by atoms with Crippen molar-refractivity contribution in [1.82, 2.24) is 9.21 Å². The van der Waals surface area contributed by atoms with Gasteiger partial charge in [-0.05, 0) is 75.6 Å². The number of benzene rings is 1. The summed E-state index contributed by atoms with van der Waals surface area (Å²) in [7, 11) is -3.20. The fourth-order valence-corrected chi connectivity index (χ4v) is 4.97.